The molecule has 0 aliphatic rings. The van der Waals surface area contributed by atoms with Crippen molar-refractivity contribution in [3.8, 4) is 0 Å². The summed E-state index contributed by atoms with van der Waals surface area (Å²) in [5, 5.41) is 0. The lowest BCUT2D eigenvalue weighted by atomic mass is 10.3. The maximum Gasteiger partial charge on any atom is 0.0806 e. The van der Waals surface area contributed by atoms with E-state index in [-0.39, 0.29) is 0 Å². The Bertz CT molecular complexity index is 79.9. The minimum atomic E-state index is 0.830. The van der Waals surface area contributed by atoms with Gasteiger partial charge in [-0.1, -0.05) is 13.8 Å². The van der Waals surface area contributed by atoms with Crippen molar-refractivity contribution in [3.63, 3.8) is 0 Å². The van der Waals surface area contributed by atoms with E-state index in [4.69, 9.17) is 4.74 Å². The topological polar surface area (TPSA) is 12.5 Å². The van der Waals surface area contributed by atoms with E-state index in [0.717, 1.165) is 13.2 Å². The van der Waals surface area contributed by atoms with Crippen molar-refractivity contribution in [2.75, 3.05) is 26.2 Å². The largest absolute Gasteiger partial charge is 0.374 e. The molecular formula is C10H22NO. The molecule has 0 aromatic carbocycles. The van der Waals surface area contributed by atoms with Crippen LogP contribution < -0.4 is 0 Å². The van der Waals surface area contributed by atoms with Crippen LogP contribution in [-0.2, 0) is 4.74 Å². The third-order valence-corrected chi connectivity index (χ3v) is 1.77. The molecule has 0 saturated heterocycles. The van der Waals surface area contributed by atoms with Crippen molar-refractivity contribution in [3.05, 3.63) is 6.61 Å². The second-order valence-electron chi connectivity index (χ2n) is 2.95. The fraction of sp³-hybridized carbons (Fsp3) is 0.900. The molecule has 0 fully saturated rings. The maximum absolute atomic E-state index is 5.19. The van der Waals surface area contributed by atoms with Crippen LogP contribution in [0.2, 0.25) is 0 Å². The van der Waals surface area contributed by atoms with E-state index in [1.807, 2.05) is 6.92 Å². The van der Waals surface area contributed by atoms with Crippen molar-refractivity contribution >= 4 is 0 Å². The number of hydrogen-bond acceptors (Lipinski definition) is 2. The van der Waals surface area contributed by atoms with Gasteiger partial charge in [0.2, 0.25) is 0 Å². The van der Waals surface area contributed by atoms with Crippen molar-refractivity contribution in [1.29, 1.82) is 0 Å². The molecular weight excluding hydrogens is 150 g/mol. The van der Waals surface area contributed by atoms with Crippen LogP contribution in [0.3, 0.4) is 0 Å². The van der Waals surface area contributed by atoms with E-state index < -0.39 is 0 Å². The zero-order valence-electron chi connectivity index (χ0n) is 8.68. The molecule has 0 aliphatic heterocycles. The highest BCUT2D eigenvalue weighted by molar-refractivity contribution is 4.55. The number of hydrogen-bond donors (Lipinski definition) is 0. The predicted octanol–water partition coefficient (Wildman–Crippen LogP) is 2.31. The Labute approximate surface area is 76.9 Å². The van der Waals surface area contributed by atoms with E-state index in [1.54, 1.807) is 6.61 Å². The lowest BCUT2D eigenvalue weighted by Gasteiger charge is -2.20. The van der Waals surface area contributed by atoms with Crippen LogP contribution in [0, 0.1) is 6.61 Å². The van der Waals surface area contributed by atoms with Gasteiger partial charge < -0.3 is 9.64 Å². The van der Waals surface area contributed by atoms with Crippen LogP contribution in [0.5, 0.6) is 0 Å². The van der Waals surface area contributed by atoms with E-state index in [2.05, 4.69) is 18.7 Å². The van der Waals surface area contributed by atoms with Gasteiger partial charge in [-0.15, -0.1) is 0 Å². The van der Waals surface area contributed by atoms with E-state index in [9.17, 15) is 0 Å². The molecule has 73 valence electrons. The predicted molar refractivity (Wildman–Crippen MR) is 52.9 cm³/mol. The van der Waals surface area contributed by atoms with Crippen molar-refractivity contribution in [2.45, 2.75) is 33.6 Å². The van der Waals surface area contributed by atoms with Crippen LogP contribution in [-0.4, -0.2) is 31.1 Å². The molecule has 0 aliphatic carbocycles. The van der Waals surface area contributed by atoms with Gasteiger partial charge >= 0.3 is 0 Å². The van der Waals surface area contributed by atoms with Gasteiger partial charge in [0.15, 0.2) is 0 Å². The molecule has 2 heteroatoms. The van der Waals surface area contributed by atoms with Gasteiger partial charge in [0.05, 0.1) is 13.2 Å². The summed E-state index contributed by atoms with van der Waals surface area (Å²) >= 11 is 0. The van der Waals surface area contributed by atoms with Gasteiger partial charge in [0.25, 0.3) is 0 Å². The number of ether oxygens (including phenoxy) is 1. The lowest BCUT2D eigenvalue weighted by Crippen LogP contribution is -2.28. The SMILES string of the molecule is C[CH]OCCN(CCC)CCC. The summed E-state index contributed by atoms with van der Waals surface area (Å²) in [6.07, 6.45) is 2.46. The third kappa shape index (κ3) is 6.62. The Kier molecular flexibility index (Phi) is 8.95. The van der Waals surface area contributed by atoms with Gasteiger partial charge in [0.1, 0.15) is 0 Å². The molecule has 0 aromatic rings. The first-order valence-corrected chi connectivity index (χ1v) is 4.96. The van der Waals surface area contributed by atoms with Crippen molar-refractivity contribution < 1.29 is 4.74 Å². The summed E-state index contributed by atoms with van der Waals surface area (Å²) in [5.74, 6) is 0. The molecule has 1 radical (unpaired) electrons. The standard InChI is InChI=1S/C10H22NO/c1-4-7-11(8-5-2)9-10-12-6-3/h6H,4-5,7-10H2,1-3H3. The molecule has 2 nitrogen and oxygen atoms in total. The van der Waals surface area contributed by atoms with Crippen LogP contribution in [0.25, 0.3) is 0 Å². The first-order valence-electron chi connectivity index (χ1n) is 4.96. The summed E-state index contributed by atoms with van der Waals surface area (Å²) in [4.78, 5) is 2.45. The van der Waals surface area contributed by atoms with Crippen molar-refractivity contribution in [1.82, 2.24) is 4.90 Å². The van der Waals surface area contributed by atoms with Crippen molar-refractivity contribution in [2.24, 2.45) is 0 Å². The Morgan fingerprint density at radius 2 is 1.67 bits per heavy atom. The molecule has 0 spiro atoms. The highest BCUT2D eigenvalue weighted by Crippen LogP contribution is 1.94. The molecule has 0 unspecified atom stereocenters. The van der Waals surface area contributed by atoms with Crippen LogP contribution in [0.1, 0.15) is 33.6 Å². The quantitative estimate of drug-likeness (QED) is 0.521. The molecule has 0 N–H and O–H groups in total. The highest BCUT2D eigenvalue weighted by atomic mass is 16.5. The first kappa shape index (κ1) is 11.9. The zero-order chi connectivity index (χ0) is 9.23. The Hall–Kier alpha value is -0.0800. The smallest absolute Gasteiger partial charge is 0.0806 e. The van der Waals surface area contributed by atoms with Crippen LogP contribution in [0.15, 0.2) is 0 Å². The summed E-state index contributed by atoms with van der Waals surface area (Å²) in [7, 11) is 0. The van der Waals surface area contributed by atoms with Gasteiger partial charge in [0, 0.05) is 6.54 Å². The zero-order valence-corrected chi connectivity index (χ0v) is 8.68. The maximum atomic E-state index is 5.19. The summed E-state index contributed by atoms with van der Waals surface area (Å²) < 4.78 is 5.19. The molecule has 0 bridgehead atoms. The van der Waals surface area contributed by atoms with Crippen LogP contribution >= 0.6 is 0 Å². The van der Waals surface area contributed by atoms with Gasteiger partial charge in [-0.05, 0) is 32.9 Å². The normalized spacial score (nSPS) is 11.0. The molecule has 12 heavy (non-hydrogen) atoms. The molecule has 0 heterocycles. The molecule has 0 atom stereocenters. The average molecular weight is 172 g/mol. The Morgan fingerprint density at radius 1 is 1.08 bits per heavy atom. The van der Waals surface area contributed by atoms with Crippen LogP contribution in [0.4, 0.5) is 0 Å². The minimum Gasteiger partial charge on any atom is -0.374 e. The summed E-state index contributed by atoms with van der Waals surface area (Å²) in [6, 6.07) is 0. The molecule has 0 amide bonds. The minimum absolute atomic E-state index is 0.830. The van der Waals surface area contributed by atoms with E-state index in [0.29, 0.717) is 0 Å². The fourth-order valence-electron chi connectivity index (χ4n) is 1.27. The van der Waals surface area contributed by atoms with Gasteiger partial charge in [-0.3, -0.25) is 0 Å². The molecule has 0 aromatic heterocycles. The number of rotatable bonds is 8. The van der Waals surface area contributed by atoms with E-state index in [1.165, 1.54) is 25.9 Å². The van der Waals surface area contributed by atoms with E-state index >= 15 is 0 Å². The van der Waals surface area contributed by atoms with Gasteiger partial charge in [-0.2, -0.15) is 0 Å². The van der Waals surface area contributed by atoms with Gasteiger partial charge in [-0.25, -0.2) is 0 Å². The Morgan fingerprint density at radius 3 is 2.08 bits per heavy atom. The average Bonchev–Trinajstić information content (AvgIpc) is 2.06. The highest BCUT2D eigenvalue weighted by Gasteiger charge is 2.00. The molecule has 0 rings (SSSR count). The lowest BCUT2D eigenvalue weighted by molar-refractivity contribution is 0.152. The number of nitrogens with zero attached hydrogens (tertiary/aromatic N) is 1. The fourth-order valence-corrected chi connectivity index (χ4v) is 1.27. The summed E-state index contributed by atoms with van der Waals surface area (Å²) in [6.45, 7) is 12.4. The molecule has 0 saturated carbocycles. The first-order chi connectivity index (χ1) is 5.85. The Balaban J connectivity index is 3.34. The second-order valence-corrected chi connectivity index (χ2v) is 2.95. The third-order valence-electron chi connectivity index (χ3n) is 1.77. The summed E-state index contributed by atoms with van der Waals surface area (Å²) in [5.41, 5.74) is 0. The monoisotopic (exact) mass is 172 g/mol. The second kappa shape index (κ2) is 9.01.